The van der Waals surface area contributed by atoms with Crippen molar-refractivity contribution in [3.05, 3.63) is 118 Å². The van der Waals surface area contributed by atoms with E-state index in [1.54, 1.807) is 60.7 Å². The molecule has 4 aromatic carbocycles. The lowest BCUT2D eigenvalue weighted by Gasteiger charge is -2.11. The van der Waals surface area contributed by atoms with Crippen LogP contribution in [-0.4, -0.2) is 31.0 Å². The number of anilines is 2. The van der Waals surface area contributed by atoms with E-state index in [0.29, 0.717) is 29.4 Å². The maximum Gasteiger partial charge on any atom is 0.329 e. The molecule has 4 aromatic rings. The Morgan fingerprint density at radius 2 is 1.55 bits per heavy atom. The summed E-state index contributed by atoms with van der Waals surface area (Å²) in [5, 5.41) is 9.07. The van der Waals surface area contributed by atoms with E-state index in [4.69, 9.17) is 9.47 Å². The van der Waals surface area contributed by atoms with Gasteiger partial charge in [-0.2, -0.15) is 5.10 Å². The molecule has 0 aromatic heterocycles. The zero-order valence-corrected chi connectivity index (χ0v) is 23.0. The zero-order chi connectivity index (χ0) is 28.3. The average molecular weight is 601 g/mol. The van der Waals surface area contributed by atoms with E-state index in [9.17, 15) is 14.4 Å². The van der Waals surface area contributed by atoms with Gasteiger partial charge in [0.25, 0.3) is 5.91 Å². The minimum Gasteiger partial charge on any atom is -0.493 e. The first-order chi connectivity index (χ1) is 19.4. The Morgan fingerprint density at radius 3 is 2.30 bits per heavy atom. The molecule has 0 bridgehead atoms. The number of nitrogens with one attached hydrogen (secondary N) is 3. The highest BCUT2D eigenvalue weighted by atomic mass is 79.9. The number of hydrogen-bond donors (Lipinski definition) is 3. The number of para-hydroxylation sites is 1. The maximum atomic E-state index is 12.8. The van der Waals surface area contributed by atoms with Crippen LogP contribution in [0.4, 0.5) is 11.4 Å². The summed E-state index contributed by atoms with van der Waals surface area (Å²) in [5.74, 6) is -1.39. The van der Waals surface area contributed by atoms with E-state index in [2.05, 4.69) is 37.1 Å². The number of benzene rings is 4. The predicted octanol–water partition coefficient (Wildman–Crippen LogP) is 5.38. The largest absolute Gasteiger partial charge is 0.493 e. The molecule has 0 unspecified atom stereocenters. The molecule has 0 aliphatic heterocycles. The molecule has 4 rings (SSSR count). The lowest BCUT2D eigenvalue weighted by Crippen LogP contribution is -2.33. The molecule has 0 fully saturated rings. The summed E-state index contributed by atoms with van der Waals surface area (Å²) in [5.41, 5.74) is 4.76. The monoisotopic (exact) mass is 600 g/mol. The highest BCUT2D eigenvalue weighted by Crippen LogP contribution is 2.28. The van der Waals surface area contributed by atoms with Crippen molar-refractivity contribution in [1.82, 2.24) is 5.43 Å². The van der Waals surface area contributed by atoms with Crippen molar-refractivity contribution in [2.45, 2.75) is 6.61 Å². The van der Waals surface area contributed by atoms with Crippen LogP contribution in [0.1, 0.15) is 21.5 Å². The van der Waals surface area contributed by atoms with Crippen molar-refractivity contribution in [3.63, 3.8) is 0 Å². The minimum absolute atomic E-state index is 0.178. The van der Waals surface area contributed by atoms with Gasteiger partial charge < -0.3 is 20.1 Å². The zero-order valence-electron chi connectivity index (χ0n) is 21.4. The average Bonchev–Trinajstić information content (AvgIpc) is 2.98. The molecule has 3 N–H and O–H groups in total. The summed E-state index contributed by atoms with van der Waals surface area (Å²) in [6, 6.07) is 28.3. The lowest BCUT2D eigenvalue weighted by molar-refractivity contribution is -0.136. The van der Waals surface area contributed by atoms with Crippen LogP contribution >= 0.6 is 15.9 Å². The van der Waals surface area contributed by atoms with Gasteiger partial charge in [0.05, 0.1) is 24.6 Å². The number of halogens is 1. The normalized spacial score (nSPS) is 10.6. The smallest absolute Gasteiger partial charge is 0.329 e. The van der Waals surface area contributed by atoms with Gasteiger partial charge in [0, 0.05) is 10.2 Å². The molecular weight excluding hydrogens is 576 g/mol. The first-order valence-corrected chi connectivity index (χ1v) is 12.9. The van der Waals surface area contributed by atoms with E-state index < -0.39 is 17.7 Å². The fourth-order valence-electron chi connectivity index (χ4n) is 3.54. The Bertz CT molecular complexity index is 1530. The SMILES string of the molecule is COc1cc(/C=N\NC(=O)C(=O)Nc2ccccc2C(=O)Nc2ccc(Br)cc2)ccc1OCc1ccccc1. The van der Waals surface area contributed by atoms with Crippen molar-refractivity contribution < 1.29 is 23.9 Å². The van der Waals surface area contributed by atoms with Crippen LogP contribution in [0.15, 0.2) is 107 Å². The molecule has 202 valence electrons. The third-order valence-corrected chi connectivity index (χ3v) is 6.06. The Morgan fingerprint density at radius 1 is 0.825 bits per heavy atom. The molecule has 0 spiro atoms. The Kier molecular flexibility index (Phi) is 9.62. The van der Waals surface area contributed by atoms with Gasteiger partial charge in [-0.05, 0) is 65.7 Å². The van der Waals surface area contributed by atoms with Crippen molar-refractivity contribution in [2.24, 2.45) is 5.10 Å². The first kappa shape index (κ1) is 28.1. The molecule has 40 heavy (non-hydrogen) atoms. The van der Waals surface area contributed by atoms with Crippen LogP contribution in [0.5, 0.6) is 11.5 Å². The van der Waals surface area contributed by atoms with Crippen molar-refractivity contribution in [3.8, 4) is 11.5 Å². The molecular formula is C30H25BrN4O5. The standard InChI is InChI=1S/C30H25BrN4O5/c1-39-27-17-21(11-16-26(27)40-19-20-7-3-2-4-8-20)18-32-35-30(38)29(37)34-25-10-6-5-9-24(25)28(36)33-23-14-12-22(31)13-15-23/h2-18H,19H2,1H3,(H,33,36)(H,34,37)(H,35,38)/b32-18-. The summed E-state index contributed by atoms with van der Waals surface area (Å²) < 4.78 is 12.1. The van der Waals surface area contributed by atoms with Gasteiger partial charge in [-0.1, -0.05) is 58.4 Å². The van der Waals surface area contributed by atoms with Crippen LogP contribution in [0.2, 0.25) is 0 Å². The molecule has 0 saturated heterocycles. The van der Waals surface area contributed by atoms with Gasteiger partial charge in [-0.15, -0.1) is 0 Å². The van der Waals surface area contributed by atoms with Crippen molar-refractivity contribution >= 4 is 51.2 Å². The number of hydrazone groups is 1. The van der Waals surface area contributed by atoms with Crippen molar-refractivity contribution in [1.29, 1.82) is 0 Å². The number of ether oxygens (including phenoxy) is 2. The number of hydrogen-bond acceptors (Lipinski definition) is 6. The van der Waals surface area contributed by atoms with Gasteiger partial charge >= 0.3 is 11.8 Å². The fraction of sp³-hybridized carbons (Fsp3) is 0.0667. The fourth-order valence-corrected chi connectivity index (χ4v) is 3.80. The molecule has 10 heteroatoms. The summed E-state index contributed by atoms with van der Waals surface area (Å²) in [6.07, 6.45) is 1.37. The van der Waals surface area contributed by atoms with E-state index in [0.717, 1.165) is 10.0 Å². The molecule has 0 atom stereocenters. The first-order valence-electron chi connectivity index (χ1n) is 12.1. The highest BCUT2D eigenvalue weighted by molar-refractivity contribution is 9.10. The third-order valence-electron chi connectivity index (χ3n) is 5.53. The number of rotatable bonds is 9. The summed E-state index contributed by atoms with van der Waals surface area (Å²) in [7, 11) is 1.52. The van der Waals surface area contributed by atoms with Crippen LogP contribution in [0.25, 0.3) is 0 Å². The number of carbonyl (C=O) groups is 3. The number of methoxy groups -OCH3 is 1. The second kappa shape index (κ2) is 13.7. The Balaban J connectivity index is 1.34. The molecule has 0 aliphatic rings. The van der Waals surface area contributed by atoms with E-state index >= 15 is 0 Å². The summed E-state index contributed by atoms with van der Waals surface area (Å²) >= 11 is 3.34. The Labute approximate surface area is 239 Å². The van der Waals surface area contributed by atoms with E-state index in [1.807, 2.05) is 30.3 Å². The van der Waals surface area contributed by atoms with E-state index in [-0.39, 0.29) is 11.3 Å². The Hall–Kier alpha value is -4.96. The second-order valence-corrected chi connectivity index (χ2v) is 9.26. The lowest BCUT2D eigenvalue weighted by atomic mass is 10.1. The van der Waals surface area contributed by atoms with Crippen LogP contribution < -0.4 is 25.5 Å². The van der Waals surface area contributed by atoms with Crippen LogP contribution in [0.3, 0.4) is 0 Å². The maximum absolute atomic E-state index is 12.8. The number of amides is 3. The molecule has 0 saturated carbocycles. The van der Waals surface area contributed by atoms with Crippen molar-refractivity contribution in [2.75, 3.05) is 17.7 Å². The quantitative estimate of drug-likeness (QED) is 0.135. The van der Waals surface area contributed by atoms with Gasteiger partial charge in [0.1, 0.15) is 6.61 Å². The third kappa shape index (κ3) is 7.78. The molecule has 0 heterocycles. The topological polar surface area (TPSA) is 118 Å². The van der Waals surface area contributed by atoms with Gasteiger partial charge in [0.2, 0.25) is 0 Å². The molecule has 9 nitrogen and oxygen atoms in total. The number of carbonyl (C=O) groups excluding carboxylic acids is 3. The predicted molar refractivity (Wildman–Crippen MR) is 157 cm³/mol. The van der Waals surface area contributed by atoms with Gasteiger partial charge in [0.15, 0.2) is 11.5 Å². The van der Waals surface area contributed by atoms with Gasteiger partial charge in [-0.3, -0.25) is 14.4 Å². The second-order valence-electron chi connectivity index (χ2n) is 8.34. The van der Waals surface area contributed by atoms with Gasteiger partial charge in [-0.25, -0.2) is 5.43 Å². The molecule has 0 aliphatic carbocycles. The van der Waals surface area contributed by atoms with Crippen LogP contribution in [0, 0.1) is 0 Å². The van der Waals surface area contributed by atoms with Crippen LogP contribution in [-0.2, 0) is 16.2 Å². The summed E-state index contributed by atoms with van der Waals surface area (Å²) in [4.78, 5) is 37.6. The molecule has 0 radical (unpaired) electrons. The number of nitrogens with zero attached hydrogens (tertiary/aromatic N) is 1. The summed E-state index contributed by atoms with van der Waals surface area (Å²) in [6.45, 7) is 0.380. The highest BCUT2D eigenvalue weighted by Gasteiger charge is 2.18. The molecule has 3 amide bonds. The minimum atomic E-state index is -1.01. The van der Waals surface area contributed by atoms with E-state index in [1.165, 1.54) is 19.4 Å².